The average molecular weight is 427 g/mol. The van der Waals surface area contributed by atoms with Gasteiger partial charge in [0.05, 0.1) is 5.75 Å². The minimum absolute atomic E-state index is 0.382. The second-order valence-corrected chi connectivity index (χ2v) is 7.93. The SMILES string of the molecule is CCCCn1c(=O)[nH]c(=O)c2c1nc(CSc1nnc(-c3ccccc3C)o1)n2C. The first-order chi connectivity index (χ1) is 14.5. The van der Waals surface area contributed by atoms with E-state index in [-0.39, 0.29) is 0 Å². The lowest BCUT2D eigenvalue weighted by molar-refractivity contribution is 0.465. The Hall–Kier alpha value is -3.14. The lowest BCUT2D eigenvalue weighted by atomic mass is 10.1. The number of hydrogen-bond donors (Lipinski definition) is 1. The number of H-pyrrole nitrogens is 1. The first-order valence-corrected chi connectivity index (χ1v) is 10.7. The van der Waals surface area contributed by atoms with Crippen LogP contribution in [0.25, 0.3) is 22.6 Å². The van der Waals surface area contributed by atoms with E-state index >= 15 is 0 Å². The minimum atomic E-state index is -0.436. The van der Waals surface area contributed by atoms with Crippen LogP contribution in [0.2, 0.25) is 0 Å². The van der Waals surface area contributed by atoms with E-state index in [0.29, 0.717) is 40.4 Å². The summed E-state index contributed by atoms with van der Waals surface area (Å²) in [5.41, 5.74) is 1.86. The van der Waals surface area contributed by atoms with E-state index in [4.69, 9.17) is 4.42 Å². The Kier molecular flexibility index (Phi) is 5.58. The standard InChI is InChI=1S/C20H22N6O3S/c1-4-5-10-26-16-15(17(27)22-19(26)28)25(3)14(21-16)11-30-20-24-23-18(29-20)13-9-7-6-8-12(13)2/h6-9H,4-5,10-11H2,1-3H3,(H,22,27,28). The van der Waals surface area contributed by atoms with Gasteiger partial charge in [-0.1, -0.05) is 43.3 Å². The van der Waals surface area contributed by atoms with E-state index in [0.717, 1.165) is 24.0 Å². The second kappa shape index (κ2) is 8.31. The van der Waals surface area contributed by atoms with Crippen molar-refractivity contribution in [3.63, 3.8) is 0 Å². The second-order valence-electron chi connectivity index (χ2n) is 7.00. The molecule has 0 spiro atoms. The minimum Gasteiger partial charge on any atom is -0.411 e. The van der Waals surface area contributed by atoms with Gasteiger partial charge < -0.3 is 8.98 Å². The number of aromatic nitrogens is 6. The molecule has 30 heavy (non-hydrogen) atoms. The number of hydrogen-bond acceptors (Lipinski definition) is 7. The maximum absolute atomic E-state index is 12.3. The third-order valence-corrected chi connectivity index (χ3v) is 5.76. The largest absolute Gasteiger partial charge is 0.411 e. The summed E-state index contributed by atoms with van der Waals surface area (Å²) in [5.74, 6) is 1.53. The molecule has 3 heterocycles. The van der Waals surface area contributed by atoms with Crippen LogP contribution in [0.3, 0.4) is 0 Å². The summed E-state index contributed by atoms with van der Waals surface area (Å²) in [6.45, 7) is 4.54. The third-order valence-electron chi connectivity index (χ3n) is 4.95. The van der Waals surface area contributed by atoms with Crippen LogP contribution in [-0.4, -0.2) is 29.3 Å². The molecule has 1 aromatic carbocycles. The van der Waals surface area contributed by atoms with E-state index in [1.165, 1.54) is 16.3 Å². The quantitative estimate of drug-likeness (QED) is 0.452. The molecular weight excluding hydrogens is 404 g/mol. The molecule has 4 rings (SSSR count). The maximum Gasteiger partial charge on any atom is 0.330 e. The van der Waals surface area contributed by atoms with Gasteiger partial charge in [0.1, 0.15) is 5.82 Å². The van der Waals surface area contributed by atoms with Gasteiger partial charge in [-0.25, -0.2) is 9.78 Å². The predicted molar refractivity (Wildman–Crippen MR) is 115 cm³/mol. The average Bonchev–Trinajstić information content (AvgIpc) is 3.31. The fourth-order valence-electron chi connectivity index (χ4n) is 3.26. The molecule has 0 fully saturated rings. The van der Waals surface area contributed by atoms with Crippen molar-refractivity contribution in [3.05, 3.63) is 56.5 Å². The molecule has 3 aromatic heterocycles. The summed E-state index contributed by atoms with van der Waals surface area (Å²) in [5, 5.41) is 8.66. The predicted octanol–water partition coefficient (Wildman–Crippen LogP) is 2.87. The Morgan fingerprint density at radius 3 is 2.77 bits per heavy atom. The van der Waals surface area contributed by atoms with Gasteiger partial charge in [0, 0.05) is 19.2 Å². The lowest BCUT2D eigenvalue weighted by Gasteiger charge is -2.04. The van der Waals surface area contributed by atoms with Gasteiger partial charge in [0.15, 0.2) is 11.2 Å². The van der Waals surface area contributed by atoms with Gasteiger partial charge in [0.2, 0.25) is 5.89 Å². The monoisotopic (exact) mass is 426 g/mol. The zero-order chi connectivity index (χ0) is 21.3. The number of aryl methyl sites for hydroxylation is 3. The number of rotatable bonds is 7. The number of imidazole rings is 1. The molecule has 4 aromatic rings. The van der Waals surface area contributed by atoms with Gasteiger partial charge >= 0.3 is 5.69 Å². The fourth-order valence-corrected chi connectivity index (χ4v) is 4.01. The molecule has 1 N–H and O–H groups in total. The van der Waals surface area contributed by atoms with Gasteiger partial charge in [-0.3, -0.25) is 14.3 Å². The van der Waals surface area contributed by atoms with E-state index in [2.05, 4.69) is 20.2 Å². The smallest absolute Gasteiger partial charge is 0.330 e. The molecule has 0 saturated heterocycles. The van der Waals surface area contributed by atoms with Crippen LogP contribution in [0.15, 0.2) is 43.5 Å². The zero-order valence-electron chi connectivity index (χ0n) is 17.0. The zero-order valence-corrected chi connectivity index (χ0v) is 17.8. The van der Waals surface area contributed by atoms with Crippen molar-refractivity contribution in [2.24, 2.45) is 7.05 Å². The van der Waals surface area contributed by atoms with E-state index < -0.39 is 11.2 Å². The highest BCUT2D eigenvalue weighted by Gasteiger charge is 2.18. The molecule has 0 bridgehead atoms. The number of nitrogens with zero attached hydrogens (tertiary/aromatic N) is 5. The highest BCUT2D eigenvalue weighted by molar-refractivity contribution is 7.98. The number of fused-ring (bicyclic) bond motifs is 1. The topological polar surface area (TPSA) is 112 Å². The first kappa shape index (κ1) is 20.1. The van der Waals surface area contributed by atoms with Crippen LogP contribution in [0.1, 0.15) is 31.2 Å². The highest BCUT2D eigenvalue weighted by Crippen LogP contribution is 2.27. The van der Waals surface area contributed by atoms with E-state index in [1.807, 2.05) is 38.1 Å². The molecule has 0 amide bonds. The Morgan fingerprint density at radius 2 is 2.00 bits per heavy atom. The van der Waals surface area contributed by atoms with Crippen LogP contribution in [-0.2, 0) is 19.3 Å². The molecule has 156 valence electrons. The lowest BCUT2D eigenvalue weighted by Crippen LogP contribution is -2.31. The van der Waals surface area contributed by atoms with Crippen molar-refractivity contribution in [1.82, 2.24) is 29.3 Å². The number of thioether (sulfide) groups is 1. The molecule has 0 saturated carbocycles. The Labute approximate surface area is 176 Å². The third kappa shape index (κ3) is 3.70. The molecule has 10 heteroatoms. The normalized spacial score (nSPS) is 11.4. The molecule has 0 aliphatic heterocycles. The van der Waals surface area contributed by atoms with E-state index in [1.54, 1.807) is 11.6 Å². The maximum atomic E-state index is 12.3. The summed E-state index contributed by atoms with van der Waals surface area (Å²) >= 11 is 1.33. The molecule has 9 nitrogen and oxygen atoms in total. The summed E-state index contributed by atoms with van der Waals surface area (Å²) in [7, 11) is 1.77. The van der Waals surface area contributed by atoms with Crippen molar-refractivity contribution in [2.75, 3.05) is 0 Å². The van der Waals surface area contributed by atoms with Crippen molar-refractivity contribution in [2.45, 2.75) is 44.2 Å². The van der Waals surface area contributed by atoms with Crippen molar-refractivity contribution >= 4 is 22.9 Å². The summed E-state index contributed by atoms with van der Waals surface area (Å²) < 4.78 is 9.02. The van der Waals surface area contributed by atoms with Gasteiger partial charge in [-0.15, -0.1) is 10.2 Å². The molecule has 0 aliphatic carbocycles. The van der Waals surface area contributed by atoms with Gasteiger partial charge in [0.25, 0.3) is 10.8 Å². The number of aromatic amines is 1. The molecule has 0 atom stereocenters. The summed E-state index contributed by atoms with van der Waals surface area (Å²) in [4.78, 5) is 31.6. The fraction of sp³-hybridized carbons (Fsp3) is 0.350. The number of nitrogens with one attached hydrogen (secondary N) is 1. The molecular formula is C20H22N6O3S. The summed E-state index contributed by atoms with van der Waals surface area (Å²) in [6.07, 6.45) is 1.76. The molecule has 0 unspecified atom stereocenters. The number of unbranched alkanes of at least 4 members (excludes halogenated alkanes) is 1. The Bertz CT molecular complexity index is 1320. The van der Waals surface area contributed by atoms with Crippen LogP contribution >= 0.6 is 11.8 Å². The van der Waals surface area contributed by atoms with Gasteiger partial charge in [-0.05, 0) is 25.0 Å². The van der Waals surface area contributed by atoms with Crippen molar-refractivity contribution < 1.29 is 4.42 Å². The molecule has 0 aliphatic rings. The van der Waals surface area contributed by atoms with Gasteiger partial charge in [-0.2, -0.15) is 0 Å². The Balaban J connectivity index is 1.61. The van der Waals surface area contributed by atoms with Crippen LogP contribution in [0, 0.1) is 6.92 Å². The molecule has 0 radical (unpaired) electrons. The first-order valence-electron chi connectivity index (χ1n) is 9.70. The van der Waals surface area contributed by atoms with E-state index in [9.17, 15) is 9.59 Å². The highest BCUT2D eigenvalue weighted by atomic mass is 32.2. The number of benzene rings is 1. The van der Waals surface area contributed by atoms with Crippen LogP contribution in [0.5, 0.6) is 0 Å². The van der Waals surface area contributed by atoms with Crippen molar-refractivity contribution in [3.8, 4) is 11.5 Å². The van der Waals surface area contributed by atoms with Crippen LogP contribution < -0.4 is 11.2 Å². The van der Waals surface area contributed by atoms with Crippen molar-refractivity contribution in [1.29, 1.82) is 0 Å². The Morgan fingerprint density at radius 1 is 1.20 bits per heavy atom. The summed E-state index contributed by atoms with van der Waals surface area (Å²) in [6, 6.07) is 7.80. The van der Waals surface area contributed by atoms with Crippen LogP contribution in [0.4, 0.5) is 0 Å².